The van der Waals surface area contributed by atoms with Crippen LogP contribution in [0.4, 0.5) is 5.69 Å². The summed E-state index contributed by atoms with van der Waals surface area (Å²) >= 11 is 0. The molecular formula is C16H13N3O4S. The highest BCUT2D eigenvalue weighted by molar-refractivity contribution is 7.91. The Labute approximate surface area is 138 Å². The third kappa shape index (κ3) is 3.49. The smallest absolute Gasteiger partial charge is 0.354 e. The van der Waals surface area contributed by atoms with E-state index in [0.29, 0.717) is 11.1 Å². The summed E-state index contributed by atoms with van der Waals surface area (Å²) in [5, 5.41) is 9.76. The molecule has 0 aliphatic heterocycles. The molecule has 0 spiro atoms. The Morgan fingerprint density at radius 3 is 2.67 bits per heavy atom. The highest BCUT2D eigenvalue weighted by Crippen LogP contribution is 2.19. The van der Waals surface area contributed by atoms with Gasteiger partial charge in [-0.2, -0.15) is 0 Å². The van der Waals surface area contributed by atoms with Crippen molar-refractivity contribution in [2.24, 2.45) is 0 Å². The number of benzene rings is 1. The number of carboxylic acids is 1. The Bertz CT molecular complexity index is 1010. The summed E-state index contributed by atoms with van der Waals surface area (Å²) in [5.74, 6) is -1.50. The molecule has 122 valence electrons. The van der Waals surface area contributed by atoms with Gasteiger partial charge in [0, 0.05) is 17.8 Å². The van der Waals surface area contributed by atoms with E-state index in [4.69, 9.17) is 5.11 Å². The van der Waals surface area contributed by atoms with E-state index in [1.165, 1.54) is 18.3 Å². The SMILES string of the molecule is O=C(O)c1cc(NS(=O)(=O)Cc2cccc3cccnc23)ccn1. The van der Waals surface area contributed by atoms with Crippen LogP contribution in [0.3, 0.4) is 0 Å². The van der Waals surface area contributed by atoms with Crippen molar-refractivity contribution in [1.82, 2.24) is 9.97 Å². The van der Waals surface area contributed by atoms with Gasteiger partial charge in [-0.25, -0.2) is 18.2 Å². The summed E-state index contributed by atoms with van der Waals surface area (Å²) in [6, 6.07) is 11.5. The number of hydrogen-bond acceptors (Lipinski definition) is 5. The zero-order valence-electron chi connectivity index (χ0n) is 12.4. The molecule has 7 nitrogen and oxygen atoms in total. The highest BCUT2D eigenvalue weighted by Gasteiger charge is 2.15. The molecular weight excluding hydrogens is 330 g/mol. The summed E-state index contributed by atoms with van der Waals surface area (Å²) in [6.45, 7) is 0. The number of para-hydroxylation sites is 1. The van der Waals surface area contributed by atoms with Crippen molar-refractivity contribution in [3.8, 4) is 0 Å². The summed E-state index contributed by atoms with van der Waals surface area (Å²) in [6.07, 6.45) is 2.84. The minimum atomic E-state index is -3.73. The third-order valence-electron chi connectivity index (χ3n) is 3.31. The molecule has 8 heteroatoms. The van der Waals surface area contributed by atoms with Crippen molar-refractivity contribution in [1.29, 1.82) is 0 Å². The van der Waals surface area contributed by atoms with Crippen LogP contribution in [0.15, 0.2) is 54.9 Å². The van der Waals surface area contributed by atoms with E-state index in [1.807, 2.05) is 12.1 Å². The molecule has 1 aromatic carbocycles. The Morgan fingerprint density at radius 2 is 1.88 bits per heavy atom. The van der Waals surface area contributed by atoms with E-state index in [0.717, 1.165) is 5.39 Å². The molecule has 24 heavy (non-hydrogen) atoms. The van der Waals surface area contributed by atoms with Gasteiger partial charge in [0.05, 0.1) is 17.0 Å². The number of aromatic nitrogens is 2. The molecule has 2 aromatic heterocycles. The van der Waals surface area contributed by atoms with E-state index in [1.54, 1.807) is 24.4 Å². The molecule has 0 amide bonds. The lowest BCUT2D eigenvalue weighted by Gasteiger charge is -2.10. The Morgan fingerprint density at radius 1 is 1.08 bits per heavy atom. The summed E-state index contributed by atoms with van der Waals surface area (Å²) in [4.78, 5) is 18.8. The second-order valence-corrected chi connectivity index (χ2v) is 6.81. The van der Waals surface area contributed by atoms with Crippen molar-refractivity contribution >= 4 is 32.6 Å². The Balaban J connectivity index is 1.88. The summed E-state index contributed by atoms with van der Waals surface area (Å²) in [5.41, 5.74) is 1.09. The molecule has 2 N–H and O–H groups in total. The van der Waals surface area contributed by atoms with E-state index in [2.05, 4.69) is 14.7 Å². The van der Waals surface area contributed by atoms with Crippen LogP contribution in [-0.4, -0.2) is 29.5 Å². The number of hydrogen-bond donors (Lipinski definition) is 2. The van der Waals surface area contributed by atoms with Crippen molar-refractivity contribution in [3.63, 3.8) is 0 Å². The molecule has 0 radical (unpaired) electrons. The van der Waals surface area contributed by atoms with E-state index in [9.17, 15) is 13.2 Å². The second kappa shape index (κ2) is 6.25. The number of pyridine rings is 2. The fourth-order valence-corrected chi connectivity index (χ4v) is 3.52. The molecule has 2 heterocycles. The third-order valence-corrected chi connectivity index (χ3v) is 4.55. The van der Waals surface area contributed by atoms with Crippen LogP contribution in [0.25, 0.3) is 10.9 Å². The fourth-order valence-electron chi connectivity index (χ4n) is 2.32. The first-order chi connectivity index (χ1) is 11.4. The van der Waals surface area contributed by atoms with E-state index in [-0.39, 0.29) is 17.1 Å². The first kappa shape index (κ1) is 15.9. The first-order valence-corrected chi connectivity index (χ1v) is 8.62. The molecule has 0 saturated heterocycles. The molecule has 0 bridgehead atoms. The number of nitrogens with zero attached hydrogens (tertiary/aromatic N) is 2. The van der Waals surface area contributed by atoms with Crippen LogP contribution >= 0.6 is 0 Å². The molecule has 0 fully saturated rings. The van der Waals surface area contributed by atoms with Gasteiger partial charge in [0.15, 0.2) is 0 Å². The molecule has 0 saturated carbocycles. The van der Waals surface area contributed by atoms with E-state index < -0.39 is 16.0 Å². The summed E-state index contributed by atoms with van der Waals surface area (Å²) in [7, 11) is -3.73. The van der Waals surface area contributed by atoms with Gasteiger partial charge in [0.1, 0.15) is 5.69 Å². The number of aromatic carboxylic acids is 1. The maximum absolute atomic E-state index is 12.4. The van der Waals surface area contributed by atoms with Gasteiger partial charge >= 0.3 is 5.97 Å². The van der Waals surface area contributed by atoms with Gasteiger partial charge in [0.25, 0.3) is 0 Å². The Kier molecular flexibility index (Phi) is 4.13. The minimum Gasteiger partial charge on any atom is -0.477 e. The van der Waals surface area contributed by atoms with Gasteiger partial charge in [-0.15, -0.1) is 0 Å². The number of carboxylic acid groups (broad SMARTS) is 1. The lowest BCUT2D eigenvalue weighted by molar-refractivity contribution is 0.0690. The van der Waals surface area contributed by atoms with Gasteiger partial charge in [-0.3, -0.25) is 9.71 Å². The zero-order valence-corrected chi connectivity index (χ0v) is 13.2. The number of carbonyl (C=O) groups is 1. The quantitative estimate of drug-likeness (QED) is 0.735. The maximum Gasteiger partial charge on any atom is 0.354 e. The second-order valence-electron chi connectivity index (χ2n) is 5.09. The van der Waals surface area contributed by atoms with Crippen LogP contribution in [0, 0.1) is 0 Å². The van der Waals surface area contributed by atoms with Crippen LogP contribution in [0.2, 0.25) is 0 Å². The highest BCUT2D eigenvalue weighted by atomic mass is 32.2. The van der Waals surface area contributed by atoms with E-state index >= 15 is 0 Å². The van der Waals surface area contributed by atoms with Crippen molar-refractivity contribution in [2.75, 3.05) is 4.72 Å². The largest absolute Gasteiger partial charge is 0.477 e. The predicted molar refractivity (Wildman–Crippen MR) is 89.2 cm³/mol. The van der Waals surface area contributed by atoms with Crippen LogP contribution in [0.1, 0.15) is 16.1 Å². The van der Waals surface area contributed by atoms with Crippen molar-refractivity contribution in [3.05, 3.63) is 66.1 Å². The van der Waals surface area contributed by atoms with Crippen LogP contribution < -0.4 is 4.72 Å². The standard InChI is InChI=1S/C16H13N3O4S/c20-16(21)14-9-13(6-8-17-14)19-24(22,23)10-12-4-1-3-11-5-2-7-18-15(11)12/h1-9H,10H2,(H,17,19)(H,20,21). The predicted octanol–water partition coefficient (Wildman–Crippen LogP) is 2.27. The Hall–Kier alpha value is -3.00. The van der Waals surface area contributed by atoms with Gasteiger partial charge in [0.2, 0.25) is 10.0 Å². The van der Waals surface area contributed by atoms with Gasteiger partial charge in [-0.1, -0.05) is 24.3 Å². The number of sulfonamides is 1. The average molecular weight is 343 g/mol. The van der Waals surface area contributed by atoms with Crippen molar-refractivity contribution < 1.29 is 18.3 Å². The average Bonchev–Trinajstić information content (AvgIpc) is 2.54. The molecule has 0 aliphatic rings. The van der Waals surface area contributed by atoms with Crippen LogP contribution in [0.5, 0.6) is 0 Å². The normalized spacial score (nSPS) is 11.3. The monoisotopic (exact) mass is 343 g/mol. The topological polar surface area (TPSA) is 109 Å². The lowest BCUT2D eigenvalue weighted by Crippen LogP contribution is -2.16. The van der Waals surface area contributed by atoms with Crippen LogP contribution in [-0.2, 0) is 15.8 Å². The van der Waals surface area contributed by atoms with Gasteiger partial charge in [-0.05, 0) is 23.8 Å². The number of fused-ring (bicyclic) bond motifs is 1. The molecule has 0 unspecified atom stereocenters. The van der Waals surface area contributed by atoms with Gasteiger partial charge < -0.3 is 5.11 Å². The maximum atomic E-state index is 12.4. The molecule has 0 atom stereocenters. The minimum absolute atomic E-state index is 0.149. The fraction of sp³-hybridized carbons (Fsp3) is 0.0625. The first-order valence-electron chi connectivity index (χ1n) is 6.97. The van der Waals surface area contributed by atoms with Crippen molar-refractivity contribution in [2.45, 2.75) is 5.75 Å². The zero-order chi connectivity index (χ0) is 17.2. The lowest BCUT2D eigenvalue weighted by atomic mass is 10.1. The number of anilines is 1. The summed E-state index contributed by atoms with van der Waals surface area (Å²) < 4.78 is 27.1. The number of nitrogens with one attached hydrogen (secondary N) is 1. The number of rotatable bonds is 5. The molecule has 3 rings (SSSR count). The molecule has 0 aliphatic carbocycles. The molecule has 3 aromatic rings.